The Labute approximate surface area is 111 Å². The van der Waals surface area contributed by atoms with E-state index in [0.717, 1.165) is 9.78 Å². The number of hydrogen-bond acceptors (Lipinski definition) is 3. The summed E-state index contributed by atoms with van der Waals surface area (Å²) >= 11 is 1.44. The van der Waals surface area contributed by atoms with Crippen molar-refractivity contribution in [3.63, 3.8) is 0 Å². The molecule has 5 nitrogen and oxygen atoms in total. The fourth-order valence-corrected chi connectivity index (χ4v) is 2.97. The summed E-state index contributed by atoms with van der Waals surface area (Å²) in [7, 11) is 0. The molecule has 0 aromatic carbocycles. The predicted octanol–water partition coefficient (Wildman–Crippen LogP) is 1.71. The zero-order chi connectivity index (χ0) is 14.0. The summed E-state index contributed by atoms with van der Waals surface area (Å²) < 4.78 is 24.1. The molecule has 0 saturated carbocycles. The molecule has 1 aliphatic rings. The summed E-state index contributed by atoms with van der Waals surface area (Å²) in [6, 6.07) is -0.219. The largest absolute Gasteiger partial charge is 0.479 e. The van der Waals surface area contributed by atoms with E-state index in [-0.39, 0.29) is 6.54 Å². The first-order chi connectivity index (χ1) is 9.00. The SMILES string of the molecule is O=C(O)C1c2ccsc2CCN1C(=O)NCC(F)F. The number of carbonyl (C=O) groups excluding carboxylic acids is 1. The van der Waals surface area contributed by atoms with Crippen LogP contribution in [0.4, 0.5) is 13.6 Å². The predicted molar refractivity (Wildman–Crippen MR) is 64.5 cm³/mol. The Morgan fingerprint density at radius 2 is 2.32 bits per heavy atom. The van der Waals surface area contributed by atoms with Gasteiger partial charge in [-0.05, 0) is 23.4 Å². The van der Waals surface area contributed by atoms with Gasteiger partial charge in [-0.25, -0.2) is 18.4 Å². The second-order valence-electron chi connectivity index (χ2n) is 4.06. The van der Waals surface area contributed by atoms with E-state index < -0.39 is 31.0 Å². The second-order valence-corrected chi connectivity index (χ2v) is 5.06. The smallest absolute Gasteiger partial charge is 0.331 e. The number of amides is 2. The maximum atomic E-state index is 12.1. The van der Waals surface area contributed by atoms with E-state index in [2.05, 4.69) is 0 Å². The molecule has 0 spiro atoms. The first kappa shape index (κ1) is 13.7. The monoisotopic (exact) mass is 290 g/mol. The van der Waals surface area contributed by atoms with E-state index in [4.69, 9.17) is 0 Å². The van der Waals surface area contributed by atoms with Gasteiger partial charge >= 0.3 is 12.0 Å². The molecule has 0 fully saturated rings. The van der Waals surface area contributed by atoms with E-state index in [0.29, 0.717) is 12.0 Å². The number of carboxylic acids is 1. The molecular weight excluding hydrogens is 278 g/mol. The molecule has 0 bridgehead atoms. The molecule has 104 valence electrons. The molecule has 8 heteroatoms. The van der Waals surface area contributed by atoms with Crippen molar-refractivity contribution in [2.45, 2.75) is 18.9 Å². The van der Waals surface area contributed by atoms with Crippen LogP contribution in [0.2, 0.25) is 0 Å². The Morgan fingerprint density at radius 3 is 2.95 bits per heavy atom. The number of carboxylic acid groups (broad SMARTS) is 1. The first-order valence-electron chi connectivity index (χ1n) is 5.62. The number of rotatable bonds is 3. The van der Waals surface area contributed by atoms with Crippen molar-refractivity contribution >= 4 is 23.3 Å². The van der Waals surface area contributed by atoms with Gasteiger partial charge in [0, 0.05) is 11.4 Å². The summed E-state index contributed by atoms with van der Waals surface area (Å²) in [4.78, 5) is 25.1. The highest BCUT2D eigenvalue weighted by atomic mass is 32.1. The summed E-state index contributed by atoms with van der Waals surface area (Å²) in [6.07, 6.45) is -2.12. The van der Waals surface area contributed by atoms with Crippen LogP contribution in [0.5, 0.6) is 0 Å². The van der Waals surface area contributed by atoms with Crippen molar-refractivity contribution in [1.82, 2.24) is 10.2 Å². The highest BCUT2D eigenvalue weighted by Crippen LogP contribution is 2.33. The van der Waals surface area contributed by atoms with Crippen LogP contribution in [0.15, 0.2) is 11.4 Å². The number of halogens is 2. The van der Waals surface area contributed by atoms with Crippen LogP contribution in [0.25, 0.3) is 0 Å². The van der Waals surface area contributed by atoms with Crippen molar-refractivity contribution in [3.8, 4) is 0 Å². The van der Waals surface area contributed by atoms with Gasteiger partial charge in [-0.2, -0.15) is 0 Å². The van der Waals surface area contributed by atoms with Crippen LogP contribution in [0.3, 0.4) is 0 Å². The minimum atomic E-state index is -2.66. The molecule has 0 saturated heterocycles. The number of carbonyl (C=O) groups is 2. The molecule has 2 N–H and O–H groups in total. The van der Waals surface area contributed by atoms with Crippen LogP contribution in [-0.2, 0) is 11.2 Å². The standard InChI is InChI=1S/C11H12F2N2O3S/c12-8(13)5-14-11(18)15-3-1-7-6(2-4-19-7)9(15)10(16)17/h2,4,8-9H,1,3,5H2,(H,14,18)(H,16,17). The quantitative estimate of drug-likeness (QED) is 0.890. The molecule has 1 aromatic rings. The third-order valence-corrected chi connectivity index (χ3v) is 3.86. The molecule has 0 radical (unpaired) electrons. The summed E-state index contributed by atoms with van der Waals surface area (Å²) in [5.74, 6) is -1.16. The number of nitrogens with zero attached hydrogens (tertiary/aromatic N) is 1. The first-order valence-corrected chi connectivity index (χ1v) is 6.50. The number of urea groups is 1. The molecule has 1 atom stereocenters. The lowest BCUT2D eigenvalue weighted by atomic mass is 10.0. The molecule has 0 aliphatic carbocycles. The van der Waals surface area contributed by atoms with Gasteiger partial charge in [0.05, 0.1) is 6.54 Å². The zero-order valence-corrected chi connectivity index (χ0v) is 10.6. The molecule has 19 heavy (non-hydrogen) atoms. The van der Waals surface area contributed by atoms with Crippen molar-refractivity contribution in [3.05, 3.63) is 21.9 Å². The van der Waals surface area contributed by atoms with E-state index in [1.54, 1.807) is 11.4 Å². The molecule has 1 aromatic heterocycles. The number of nitrogens with one attached hydrogen (secondary N) is 1. The topological polar surface area (TPSA) is 69.6 Å². The van der Waals surface area contributed by atoms with Crippen LogP contribution in [-0.4, -0.2) is 41.5 Å². The zero-order valence-electron chi connectivity index (χ0n) is 9.81. The maximum absolute atomic E-state index is 12.1. The number of hydrogen-bond donors (Lipinski definition) is 2. The number of fused-ring (bicyclic) bond motifs is 1. The minimum Gasteiger partial charge on any atom is -0.479 e. The molecule has 2 rings (SSSR count). The van der Waals surface area contributed by atoms with Gasteiger partial charge in [-0.3, -0.25) is 0 Å². The Hall–Kier alpha value is -1.70. The van der Waals surface area contributed by atoms with Crippen LogP contribution < -0.4 is 5.32 Å². The number of thiophene rings is 1. The van der Waals surface area contributed by atoms with E-state index in [1.807, 2.05) is 5.32 Å². The Morgan fingerprint density at radius 1 is 1.58 bits per heavy atom. The number of aliphatic carboxylic acids is 1. The Kier molecular flexibility index (Phi) is 3.98. The lowest BCUT2D eigenvalue weighted by molar-refractivity contribution is -0.142. The average molecular weight is 290 g/mol. The van der Waals surface area contributed by atoms with Crippen LogP contribution in [0, 0.1) is 0 Å². The lowest BCUT2D eigenvalue weighted by Gasteiger charge is -2.33. The van der Waals surface area contributed by atoms with Crippen LogP contribution in [0.1, 0.15) is 16.5 Å². The third kappa shape index (κ3) is 2.83. The fraction of sp³-hybridized carbons (Fsp3) is 0.455. The Balaban J connectivity index is 2.17. The van der Waals surface area contributed by atoms with E-state index in [1.165, 1.54) is 11.3 Å². The second kappa shape index (κ2) is 5.52. The third-order valence-electron chi connectivity index (χ3n) is 2.87. The molecular formula is C11H12F2N2O3S. The normalized spacial score (nSPS) is 18.3. The van der Waals surface area contributed by atoms with Gasteiger partial charge in [0.25, 0.3) is 6.43 Å². The van der Waals surface area contributed by atoms with Gasteiger partial charge < -0.3 is 15.3 Å². The van der Waals surface area contributed by atoms with Gasteiger partial charge in [0.1, 0.15) is 0 Å². The van der Waals surface area contributed by atoms with Crippen molar-refractivity contribution in [2.75, 3.05) is 13.1 Å². The van der Waals surface area contributed by atoms with Gasteiger partial charge in [-0.15, -0.1) is 11.3 Å². The molecule has 1 aliphatic heterocycles. The van der Waals surface area contributed by atoms with E-state index >= 15 is 0 Å². The Bertz CT molecular complexity index is 492. The summed E-state index contributed by atoms with van der Waals surface area (Å²) in [5, 5.41) is 13.0. The molecule has 2 amide bonds. The van der Waals surface area contributed by atoms with Crippen molar-refractivity contribution in [1.29, 1.82) is 0 Å². The van der Waals surface area contributed by atoms with Crippen molar-refractivity contribution < 1.29 is 23.5 Å². The van der Waals surface area contributed by atoms with Crippen LogP contribution >= 0.6 is 11.3 Å². The maximum Gasteiger partial charge on any atom is 0.331 e. The number of alkyl halides is 2. The van der Waals surface area contributed by atoms with Gasteiger partial charge in [0.2, 0.25) is 0 Å². The summed E-state index contributed by atoms with van der Waals surface area (Å²) in [5.41, 5.74) is 0.566. The highest BCUT2D eigenvalue weighted by Gasteiger charge is 2.36. The van der Waals surface area contributed by atoms with E-state index in [9.17, 15) is 23.5 Å². The fourth-order valence-electron chi connectivity index (χ4n) is 2.07. The van der Waals surface area contributed by atoms with Gasteiger partial charge in [-0.1, -0.05) is 0 Å². The average Bonchev–Trinajstić information content (AvgIpc) is 2.82. The highest BCUT2D eigenvalue weighted by molar-refractivity contribution is 7.10. The van der Waals surface area contributed by atoms with Crippen molar-refractivity contribution in [2.24, 2.45) is 0 Å². The summed E-state index contributed by atoms with van der Waals surface area (Å²) in [6.45, 7) is -0.572. The lowest BCUT2D eigenvalue weighted by Crippen LogP contribution is -2.48. The molecule has 2 heterocycles. The van der Waals surface area contributed by atoms with Gasteiger partial charge in [0.15, 0.2) is 6.04 Å². The minimum absolute atomic E-state index is 0.208. The molecule has 1 unspecified atom stereocenters.